The number of rotatable bonds is 8. The van der Waals surface area contributed by atoms with Crippen molar-refractivity contribution in [2.45, 2.75) is 24.8 Å². The number of ether oxygens (including phenoxy) is 1. The maximum absolute atomic E-state index is 13.2. The molecule has 0 saturated carbocycles. The smallest absolute Gasteiger partial charge is 0.264 e. The van der Waals surface area contributed by atoms with Crippen LogP contribution in [0.1, 0.15) is 13.8 Å². The van der Waals surface area contributed by atoms with Gasteiger partial charge in [0.1, 0.15) is 12.3 Å². The minimum Gasteiger partial charge on any atom is -0.491 e. The van der Waals surface area contributed by atoms with Gasteiger partial charge in [-0.05, 0) is 74.5 Å². The van der Waals surface area contributed by atoms with Crippen molar-refractivity contribution in [3.63, 3.8) is 0 Å². The van der Waals surface area contributed by atoms with E-state index in [9.17, 15) is 13.2 Å². The van der Waals surface area contributed by atoms with Gasteiger partial charge in [0.2, 0.25) is 5.91 Å². The highest BCUT2D eigenvalue weighted by molar-refractivity contribution is 7.92. The zero-order valence-corrected chi connectivity index (χ0v) is 18.7. The van der Waals surface area contributed by atoms with Crippen molar-refractivity contribution < 1.29 is 17.9 Å². The van der Waals surface area contributed by atoms with Gasteiger partial charge in [-0.3, -0.25) is 9.10 Å². The van der Waals surface area contributed by atoms with Gasteiger partial charge in [-0.15, -0.1) is 0 Å². The maximum atomic E-state index is 13.2. The normalized spacial score (nSPS) is 11.2. The lowest BCUT2D eigenvalue weighted by molar-refractivity contribution is -0.114. The van der Waals surface area contributed by atoms with Crippen molar-refractivity contribution in [2.75, 3.05) is 16.2 Å². The summed E-state index contributed by atoms with van der Waals surface area (Å²) < 4.78 is 33.1. The van der Waals surface area contributed by atoms with E-state index in [-0.39, 0.29) is 11.0 Å². The first-order chi connectivity index (χ1) is 14.8. The van der Waals surface area contributed by atoms with E-state index in [1.54, 1.807) is 66.7 Å². The molecule has 3 aromatic carbocycles. The Morgan fingerprint density at radius 1 is 0.968 bits per heavy atom. The van der Waals surface area contributed by atoms with Gasteiger partial charge >= 0.3 is 0 Å². The average Bonchev–Trinajstić information content (AvgIpc) is 2.74. The molecule has 0 saturated heterocycles. The van der Waals surface area contributed by atoms with Crippen molar-refractivity contribution in [3.05, 3.63) is 83.9 Å². The van der Waals surface area contributed by atoms with Crippen molar-refractivity contribution in [1.82, 2.24) is 0 Å². The number of nitrogens with one attached hydrogen (secondary N) is 1. The highest BCUT2D eigenvalue weighted by Crippen LogP contribution is 2.25. The van der Waals surface area contributed by atoms with E-state index < -0.39 is 22.5 Å². The van der Waals surface area contributed by atoms with Crippen LogP contribution in [0.2, 0.25) is 5.02 Å². The van der Waals surface area contributed by atoms with Crippen LogP contribution in [0.25, 0.3) is 0 Å². The van der Waals surface area contributed by atoms with E-state index >= 15 is 0 Å². The molecule has 0 aliphatic rings. The highest BCUT2D eigenvalue weighted by Gasteiger charge is 2.27. The van der Waals surface area contributed by atoms with Gasteiger partial charge in [0, 0.05) is 10.7 Å². The molecule has 0 aromatic heterocycles. The van der Waals surface area contributed by atoms with Crippen LogP contribution >= 0.6 is 11.6 Å². The Bertz CT molecular complexity index is 1120. The number of hydrogen-bond donors (Lipinski definition) is 1. The van der Waals surface area contributed by atoms with Crippen molar-refractivity contribution >= 4 is 38.9 Å². The molecule has 31 heavy (non-hydrogen) atoms. The van der Waals surface area contributed by atoms with Crippen LogP contribution in [0.3, 0.4) is 0 Å². The quantitative estimate of drug-likeness (QED) is 0.517. The lowest BCUT2D eigenvalue weighted by Gasteiger charge is -2.24. The lowest BCUT2D eigenvalue weighted by atomic mass is 10.3. The number of benzene rings is 3. The van der Waals surface area contributed by atoms with Crippen molar-refractivity contribution in [1.29, 1.82) is 0 Å². The lowest BCUT2D eigenvalue weighted by Crippen LogP contribution is -2.38. The Labute approximate surface area is 187 Å². The molecule has 0 unspecified atom stereocenters. The second-order valence-corrected chi connectivity index (χ2v) is 9.34. The van der Waals surface area contributed by atoms with E-state index in [1.165, 1.54) is 12.1 Å². The van der Waals surface area contributed by atoms with Crippen LogP contribution < -0.4 is 14.4 Å². The van der Waals surface area contributed by atoms with Crippen LogP contribution in [-0.4, -0.2) is 27.0 Å². The molecule has 3 aromatic rings. The predicted octanol–water partition coefficient (Wildman–Crippen LogP) is 4.96. The van der Waals surface area contributed by atoms with Crippen molar-refractivity contribution in [3.8, 4) is 5.75 Å². The number of nitrogens with zero attached hydrogens (tertiary/aromatic N) is 1. The first kappa shape index (κ1) is 22.7. The van der Waals surface area contributed by atoms with E-state index in [1.807, 2.05) is 13.8 Å². The minimum atomic E-state index is -3.97. The minimum absolute atomic E-state index is 0.0385. The van der Waals surface area contributed by atoms with Gasteiger partial charge < -0.3 is 10.1 Å². The Hall–Kier alpha value is -3.03. The molecule has 0 aliphatic heterocycles. The molecule has 162 valence electrons. The molecule has 0 bridgehead atoms. The number of carbonyl (C=O) groups excluding carboxylic acids is 1. The molecule has 6 nitrogen and oxygen atoms in total. The summed E-state index contributed by atoms with van der Waals surface area (Å²) >= 11 is 5.95. The van der Waals surface area contributed by atoms with Crippen molar-refractivity contribution in [2.24, 2.45) is 0 Å². The SMILES string of the molecule is CC(C)Oc1ccc(NC(=O)CN(c2ccc(Cl)cc2)S(=O)(=O)c2ccccc2)cc1. The maximum Gasteiger partial charge on any atom is 0.264 e. The Morgan fingerprint density at radius 3 is 2.16 bits per heavy atom. The molecular formula is C23H23ClN2O4S. The third-order valence-corrected chi connectivity index (χ3v) is 6.28. The number of amides is 1. The number of sulfonamides is 1. The highest BCUT2D eigenvalue weighted by atomic mass is 35.5. The summed E-state index contributed by atoms with van der Waals surface area (Å²) in [6.07, 6.45) is 0.0385. The summed E-state index contributed by atoms with van der Waals surface area (Å²) in [6.45, 7) is 3.45. The molecular weight excluding hydrogens is 436 g/mol. The molecule has 0 heterocycles. The van der Waals surface area contributed by atoms with E-state index in [4.69, 9.17) is 16.3 Å². The van der Waals surface area contributed by atoms with Crippen LogP contribution in [0.5, 0.6) is 5.75 Å². The van der Waals surface area contributed by atoms with Gasteiger partial charge in [0.05, 0.1) is 16.7 Å². The van der Waals surface area contributed by atoms with Gasteiger partial charge in [-0.1, -0.05) is 29.8 Å². The molecule has 0 radical (unpaired) electrons. The first-order valence-electron chi connectivity index (χ1n) is 9.65. The summed E-state index contributed by atoms with van der Waals surface area (Å²) in [5.74, 6) is 0.203. The summed E-state index contributed by atoms with van der Waals surface area (Å²) in [5, 5.41) is 3.20. The molecule has 8 heteroatoms. The van der Waals surface area contributed by atoms with Gasteiger partial charge in [0.25, 0.3) is 10.0 Å². The fourth-order valence-corrected chi connectivity index (χ4v) is 4.43. The number of anilines is 2. The van der Waals surface area contributed by atoms with Crippen LogP contribution in [-0.2, 0) is 14.8 Å². The van der Waals surface area contributed by atoms with E-state index in [2.05, 4.69) is 5.32 Å². The fourth-order valence-electron chi connectivity index (χ4n) is 2.86. The van der Waals surface area contributed by atoms with E-state index in [0.29, 0.717) is 22.1 Å². The largest absolute Gasteiger partial charge is 0.491 e. The standard InChI is InChI=1S/C23H23ClN2O4S/c1-17(2)30-21-14-10-19(11-15-21)25-23(27)16-26(20-12-8-18(24)9-13-20)31(28,29)22-6-4-3-5-7-22/h3-15,17H,16H2,1-2H3,(H,25,27). The third kappa shape index (κ3) is 5.99. The van der Waals surface area contributed by atoms with Gasteiger partial charge in [-0.25, -0.2) is 8.42 Å². The summed E-state index contributed by atoms with van der Waals surface area (Å²) in [7, 11) is -3.97. The Kier molecular flexibility index (Phi) is 7.20. The van der Waals surface area contributed by atoms with Crippen LogP contribution in [0, 0.1) is 0 Å². The average molecular weight is 459 g/mol. The molecule has 0 fully saturated rings. The zero-order chi connectivity index (χ0) is 22.4. The van der Waals surface area contributed by atoms with Gasteiger partial charge in [-0.2, -0.15) is 0 Å². The van der Waals surface area contributed by atoms with E-state index in [0.717, 1.165) is 4.31 Å². The molecule has 1 amide bonds. The number of carbonyl (C=O) groups is 1. The third-order valence-electron chi connectivity index (χ3n) is 4.24. The van der Waals surface area contributed by atoms with Crippen LogP contribution in [0.15, 0.2) is 83.8 Å². The number of halogens is 1. The second kappa shape index (κ2) is 9.85. The Balaban J connectivity index is 1.83. The van der Waals surface area contributed by atoms with Gasteiger partial charge in [0.15, 0.2) is 0 Å². The molecule has 1 N–H and O–H groups in total. The summed E-state index contributed by atoms with van der Waals surface area (Å²) in [5.41, 5.74) is 0.873. The second-order valence-electron chi connectivity index (χ2n) is 7.04. The van der Waals surface area contributed by atoms with Crippen LogP contribution in [0.4, 0.5) is 11.4 Å². The summed E-state index contributed by atoms with van der Waals surface area (Å²) in [4.78, 5) is 12.8. The molecule has 0 atom stereocenters. The summed E-state index contributed by atoms with van der Waals surface area (Å²) in [6, 6.07) is 21.1. The zero-order valence-electron chi connectivity index (χ0n) is 17.2. The molecule has 3 rings (SSSR count). The topological polar surface area (TPSA) is 75.7 Å². The Morgan fingerprint density at radius 2 is 1.58 bits per heavy atom. The molecule has 0 spiro atoms. The predicted molar refractivity (Wildman–Crippen MR) is 123 cm³/mol. The molecule has 0 aliphatic carbocycles. The number of hydrogen-bond acceptors (Lipinski definition) is 4. The monoisotopic (exact) mass is 458 g/mol. The fraction of sp³-hybridized carbons (Fsp3) is 0.174. The first-order valence-corrected chi connectivity index (χ1v) is 11.5.